The van der Waals surface area contributed by atoms with Crippen LogP contribution in [0.15, 0.2) is 91.2 Å². The summed E-state index contributed by atoms with van der Waals surface area (Å²) < 4.78 is 64.0. The van der Waals surface area contributed by atoms with Crippen LogP contribution in [0.4, 0.5) is 0 Å². The Morgan fingerprint density at radius 2 is 1.00 bits per heavy atom. The van der Waals surface area contributed by atoms with E-state index in [0.717, 1.165) is 0 Å². The Balaban J connectivity index is 1.04. The fourth-order valence-electron chi connectivity index (χ4n) is 6.62. The maximum atomic E-state index is 11.8. The van der Waals surface area contributed by atoms with Crippen molar-refractivity contribution in [3.8, 4) is 57.5 Å². The summed E-state index contributed by atoms with van der Waals surface area (Å²) in [6, 6.07) is 18.4. The van der Waals surface area contributed by atoms with Crippen molar-refractivity contribution in [2.75, 3.05) is 41.3 Å². The van der Waals surface area contributed by atoms with Crippen LogP contribution in [0, 0.1) is 0 Å². The highest BCUT2D eigenvalue weighted by Crippen LogP contribution is 2.48. The first-order chi connectivity index (χ1) is 27.2. The van der Waals surface area contributed by atoms with E-state index in [0.29, 0.717) is 44.7 Å². The molecule has 0 spiro atoms. The Morgan fingerprint density at radius 3 is 1.46 bits per heavy atom. The van der Waals surface area contributed by atoms with E-state index in [9.17, 15) is 24.9 Å². The quantitative estimate of drug-likeness (QED) is 0.120. The minimum atomic E-state index is -0.913. The molecule has 0 amide bonds. The second kappa shape index (κ2) is 14.8. The number of aliphatic hydroxyl groups excluding tert-OH is 2. The third kappa shape index (κ3) is 6.64. The lowest BCUT2D eigenvalue weighted by atomic mass is 10.0. The lowest BCUT2D eigenvalue weighted by Gasteiger charge is -2.34. The molecule has 6 aromatic rings. The first-order valence-electron chi connectivity index (χ1n) is 17.2. The van der Waals surface area contributed by atoms with Gasteiger partial charge in [-0.25, -0.2) is 9.59 Å². The number of fused-ring (bicyclic) bond motifs is 4. The highest BCUT2D eigenvalue weighted by atomic mass is 16.7. The molecule has 290 valence electrons. The van der Waals surface area contributed by atoms with Gasteiger partial charge in [-0.1, -0.05) is 0 Å². The van der Waals surface area contributed by atoms with Crippen molar-refractivity contribution in [2.24, 2.45) is 0 Å². The molecule has 16 nitrogen and oxygen atoms in total. The van der Waals surface area contributed by atoms with Gasteiger partial charge >= 0.3 is 11.3 Å². The van der Waals surface area contributed by atoms with Crippen molar-refractivity contribution in [3.05, 3.63) is 105 Å². The normalized spacial score (nSPS) is 18.4. The number of hydrogen-bond donors (Lipinski definition) is 3. The molecule has 4 heterocycles. The van der Waals surface area contributed by atoms with E-state index in [-0.39, 0.29) is 45.8 Å². The third-order valence-electron chi connectivity index (χ3n) is 9.31. The molecule has 4 atom stereocenters. The van der Waals surface area contributed by atoms with Gasteiger partial charge in [0, 0.05) is 46.2 Å². The summed E-state index contributed by atoms with van der Waals surface area (Å²) in [5, 5.41) is 32.8. The van der Waals surface area contributed by atoms with E-state index in [1.54, 1.807) is 42.5 Å². The molecular formula is C40H34O16. The van der Waals surface area contributed by atoms with Crippen LogP contribution in [-0.2, 0) is 0 Å². The Morgan fingerprint density at radius 1 is 0.554 bits per heavy atom. The Kier molecular flexibility index (Phi) is 9.57. The number of aromatic hydroxyl groups is 1. The molecule has 0 unspecified atom stereocenters. The number of rotatable bonds is 11. The molecule has 0 bridgehead atoms. The monoisotopic (exact) mass is 770 g/mol. The zero-order chi connectivity index (χ0) is 39.1. The first kappa shape index (κ1) is 36.2. The number of aliphatic hydroxyl groups is 2. The van der Waals surface area contributed by atoms with E-state index in [4.69, 9.17) is 51.5 Å². The highest BCUT2D eigenvalue weighted by Gasteiger charge is 2.36. The molecule has 0 fully saturated rings. The fraction of sp³-hybridized carbons (Fsp3) is 0.250. The van der Waals surface area contributed by atoms with Crippen molar-refractivity contribution < 1.29 is 66.8 Å². The Hall–Kier alpha value is -6.78. The lowest BCUT2D eigenvalue weighted by molar-refractivity contribution is -0.0125. The number of benzene rings is 4. The third-order valence-corrected chi connectivity index (χ3v) is 9.31. The van der Waals surface area contributed by atoms with Gasteiger partial charge in [-0.2, -0.15) is 0 Å². The van der Waals surface area contributed by atoms with Crippen molar-refractivity contribution in [1.29, 1.82) is 0 Å². The first-order valence-corrected chi connectivity index (χ1v) is 17.2. The standard InChI is InChI=1S/C40H34O16/c1-46-29-10-21(38-33(16-41)51-25-8-19-4-6-35(43)53-23(19)14-27(25)55-38)11-30(37(29)45)49-18-50-40-31(47-2)12-22(13-32(40)48-3)39-34(17-42)52-26-9-20-5-7-36(44)54-24(20)15-28(26)56-39/h4-15,33-34,38-39,41-42,45H,16-18H2,1-3H3/t33-,34-,38-,39-/m0/s1. The molecule has 56 heavy (non-hydrogen) atoms. The predicted octanol–water partition coefficient (Wildman–Crippen LogP) is 4.79. The summed E-state index contributed by atoms with van der Waals surface area (Å²) in [5.74, 6) is 1.50. The minimum Gasteiger partial charge on any atom is -0.502 e. The Bertz CT molecular complexity index is 2530. The Labute approximate surface area is 316 Å². The van der Waals surface area contributed by atoms with Crippen LogP contribution in [0.1, 0.15) is 23.3 Å². The van der Waals surface area contributed by atoms with Crippen LogP contribution in [0.25, 0.3) is 21.9 Å². The molecule has 16 heteroatoms. The van der Waals surface area contributed by atoms with Gasteiger partial charge in [0.25, 0.3) is 0 Å². The smallest absolute Gasteiger partial charge is 0.336 e. The zero-order valence-corrected chi connectivity index (χ0v) is 30.0. The van der Waals surface area contributed by atoms with Gasteiger partial charge in [0.05, 0.1) is 34.5 Å². The molecule has 8 rings (SSSR count). The van der Waals surface area contributed by atoms with Crippen LogP contribution < -0.4 is 53.9 Å². The maximum Gasteiger partial charge on any atom is 0.336 e. The number of methoxy groups -OCH3 is 3. The summed E-state index contributed by atoms with van der Waals surface area (Å²) in [6.45, 7) is -1.28. The van der Waals surface area contributed by atoms with Gasteiger partial charge in [0.15, 0.2) is 70.4 Å². The van der Waals surface area contributed by atoms with E-state index in [2.05, 4.69) is 0 Å². The van der Waals surface area contributed by atoms with Gasteiger partial charge in [-0.3, -0.25) is 0 Å². The minimum absolute atomic E-state index is 0.0393. The van der Waals surface area contributed by atoms with Crippen LogP contribution in [0.5, 0.6) is 57.5 Å². The summed E-state index contributed by atoms with van der Waals surface area (Å²) in [7, 11) is 4.22. The summed E-state index contributed by atoms with van der Waals surface area (Å²) in [4.78, 5) is 23.7. The van der Waals surface area contributed by atoms with Gasteiger partial charge in [0.2, 0.25) is 18.3 Å². The van der Waals surface area contributed by atoms with E-state index >= 15 is 0 Å². The van der Waals surface area contributed by atoms with Crippen LogP contribution >= 0.6 is 0 Å². The molecule has 2 aliphatic rings. The van der Waals surface area contributed by atoms with Crippen molar-refractivity contribution >= 4 is 21.9 Å². The number of hydrogen-bond acceptors (Lipinski definition) is 16. The number of phenolic OH excluding ortho intramolecular Hbond substituents is 1. The number of ether oxygens (including phenoxy) is 9. The molecule has 2 aromatic heterocycles. The largest absolute Gasteiger partial charge is 0.502 e. The molecular weight excluding hydrogens is 736 g/mol. The van der Waals surface area contributed by atoms with Crippen LogP contribution in [0.2, 0.25) is 0 Å². The van der Waals surface area contributed by atoms with E-state index in [1.807, 2.05) is 0 Å². The second-order valence-corrected chi connectivity index (χ2v) is 12.7. The average Bonchev–Trinajstić information content (AvgIpc) is 3.21. The zero-order valence-electron chi connectivity index (χ0n) is 30.0. The van der Waals surface area contributed by atoms with E-state index < -0.39 is 55.7 Å². The van der Waals surface area contributed by atoms with Gasteiger partial charge in [-0.05, 0) is 48.5 Å². The van der Waals surface area contributed by atoms with Crippen LogP contribution in [0.3, 0.4) is 0 Å². The highest BCUT2D eigenvalue weighted by molar-refractivity contribution is 5.82. The summed E-state index contributed by atoms with van der Waals surface area (Å²) >= 11 is 0. The summed E-state index contributed by atoms with van der Waals surface area (Å²) in [5.41, 5.74) is 0.463. The van der Waals surface area contributed by atoms with E-state index in [1.165, 1.54) is 51.7 Å². The topological polar surface area (TPSA) is 204 Å². The lowest BCUT2D eigenvalue weighted by Crippen LogP contribution is -2.36. The molecule has 0 saturated carbocycles. The SMILES string of the molecule is COc1cc([C@@H]2Oc3cc4oc(=O)ccc4cc3O[C@H]2CO)cc(OCOc2c(OC)cc([C@@H]3Oc4cc5oc(=O)ccc5cc4O[C@H]3CO)cc2OC)c1O. The molecule has 2 aliphatic heterocycles. The second-order valence-electron chi connectivity index (χ2n) is 12.7. The van der Waals surface area contributed by atoms with Crippen molar-refractivity contribution in [2.45, 2.75) is 24.4 Å². The average molecular weight is 771 g/mol. The van der Waals surface area contributed by atoms with Crippen LogP contribution in [-0.4, -0.2) is 68.9 Å². The van der Waals surface area contributed by atoms with Gasteiger partial charge in [-0.15, -0.1) is 0 Å². The molecule has 0 saturated heterocycles. The molecule has 0 radical (unpaired) electrons. The molecule has 4 aromatic carbocycles. The fourth-order valence-corrected chi connectivity index (χ4v) is 6.62. The molecule has 3 N–H and O–H groups in total. The summed E-state index contributed by atoms with van der Waals surface area (Å²) in [6.07, 6.45) is -3.47. The van der Waals surface area contributed by atoms with Crippen molar-refractivity contribution in [1.82, 2.24) is 0 Å². The molecule has 0 aliphatic carbocycles. The van der Waals surface area contributed by atoms with Gasteiger partial charge < -0.3 is 66.8 Å². The van der Waals surface area contributed by atoms with Crippen molar-refractivity contribution in [3.63, 3.8) is 0 Å². The maximum absolute atomic E-state index is 11.8. The van der Waals surface area contributed by atoms with Gasteiger partial charge in [0.1, 0.15) is 11.2 Å². The number of phenols is 1. The predicted molar refractivity (Wildman–Crippen MR) is 195 cm³/mol.